The normalized spacial score (nSPS) is 25.8. The first-order valence-corrected chi connectivity index (χ1v) is 22.1. The van der Waals surface area contributed by atoms with E-state index in [0.29, 0.717) is 22.6 Å². The number of rotatable bonds is 4. The van der Waals surface area contributed by atoms with Gasteiger partial charge in [-0.1, -0.05) is 121 Å². The largest absolute Gasteiger partial charge is 0.457 e. The number of fused-ring (bicyclic) bond motifs is 16. The molecule has 7 atom stereocenters. The van der Waals surface area contributed by atoms with Crippen molar-refractivity contribution in [3.63, 3.8) is 0 Å². The van der Waals surface area contributed by atoms with E-state index in [4.69, 9.17) is 4.74 Å². The van der Waals surface area contributed by atoms with Crippen molar-refractivity contribution in [1.82, 2.24) is 0 Å². The second-order valence-electron chi connectivity index (χ2n) is 16.2. The fourth-order valence-electron chi connectivity index (χ4n) is 11.3. The van der Waals surface area contributed by atoms with Gasteiger partial charge in [-0.3, -0.25) is 0 Å². The number of hydrogen-bond acceptors (Lipinski definition) is 5. The minimum Gasteiger partial charge on any atom is -0.457 e. The van der Waals surface area contributed by atoms with Gasteiger partial charge in [0.05, 0.1) is 17.5 Å². The lowest BCUT2D eigenvalue weighted by molar-refractivity contribution is 0.374. The smallest absolute Gasteiger partial charge is 0.132 e. The summed E-state index contributed by atoms with van der Waals surface area (Å²) in [5, 5.41) is 0.982. The fourth-order valence-corrected chi connectivity index (χ4v) is 14.6. The Labute approximate surface area is 347 Å². The Balaban J connectivity index is 0.962. The van der Waals surface area contributed by atoms with Crippen LogP contribution in [0.1, 0.15) is 51.4 Å². The Hall–Kier alpha value is -5.88. The average molecular weight is 783 g/mol. The topological polar surface area (TPSA) is 15.7 Å². The van der Waals surface area contributed by atoms with Gasteiger partial charge in [0.25, 0.3) is 0 Å². The third-order valence-corrected chi connectivity index (χ3v) is 16.6. The highest BCUT2D eigenvalue weighted by atomic mass is 32.2. The molecule has 0 bridgehead atoms. The molecule has 13 rings (SSSR count). The van der Waals surface area contributed by atoms with E-state index in [1.165, 1.54) is 48.9 Å². The molecular weight excluding hydrogens is 745 g/mol. The molecule has 0 amide bonds. The number of ether oxygens (including phenoxy) is 1. The molecule has 278 valence electrons. The Morgan fingerprint density at radius 3 is 1.79 bits per heavy atom. The zero-order chi connectivity index (χ0) is 38.0. The minimum absolute atomic E-state index is 0.212. The van der Waals surface area contributed by atoms with E-state index >= 15 is 0 Å². The van der Waals surface area contributed by atoms with Crippen LogP contribution in [0.2, 0.25) is 0 Å². The van der Waals surface area contributed by atoms with Crippen molar-refractivity contribution in [2.24, 2.45) is 5.92 Å². The molecule has 0 N–H and O–H groups in total. The zero-order valence-electron chi connectivity index (χ0n) is 31.6. The number of allylic oxidation sites excluding steroid dienone is 4. The molecule has 4 aliphatic heterocycles. The summed E-state index contributed by atoms with van der Waals surface area (Å²) < 4.78 is 6.83. The van der Waals surface area contributed by atoms with Crippen LogP contribution < -0.4 is 14.5 Å². The third-order valence-electron chi connectivity index (χ3n) is 13.5. The van der Waals surface area contributed by atoms with E-state index in [1.54, 1.807) is 0 Å². The molecule has 7 aromatic carbocycles. The van der Waals surface area contributed by atoms with Crippen molar-refractivity contribution in [2.45, 2.75) is 43.7 Å². The first-order valence-electron chi connectivity index (χ1n) is 20.4. The summed E-state index contributed by atoms with van der Waals surface area (Å²) in [4.78, 5) is 8.03. The zero-order valence-corrected chi connectivity index (χ0v) is 33.2. The van der Waals surface area contributed by atoms with Gasteiger partial charge < -0.3 is 14.5 Å². The first-order chi connectivity index (χ1) is 28.8. The van der Waals surface area contributed by atoms with Crippen molar-refractivity contribution in [2.75, 3.05) is 9.80 Å². The van der Waals surface area contributed by atoms with Crippen LogP contribution in [-0.4, -0.2) is 10.5 Å². The average Bonchev–Trinajstić information content (AvgIpc) is 4.01. The van der Waals surface area contributed by atoms with Crippen molar-refractivity contribution in [1.29, 1.82) is 0 Å². The molecule has 58 heavy (non-hydrogen) atoms. The lowest BCUT2D eigenvalue weighted by atomic mass is 9.62. The highest BCUT2D eigenvalue weighted by Crippen LogP contribution is 2.67. The summed E-state index contributed by atoms with van der Waals surface area (Å²) in [6.45, 7) is 0. The Kier molecular flexibility index (Phi) is 7.17. The van der Waals surface area contributed by atoms with Crippen LogP contribution in [0, 0.1) is 5.92 Å². The molecule has 2 aliphatic carbocycles. The summed E-state index contributed by atoms with van der Waals surface area (Å²) in [7, 11) is 0. The van der Waals surface area contributed by atoms with Gasteiger partial charge in [-0.2, -0.15) is 0 Å². The fraction of sp³-hybridized carbons (Fsp3) is 0.132. The Morgan fingerprint density at radius 2 is 1.05 bits per heavy atom. The van der Waals surface area contributed by atoms with Crippen molar-refractivity contribution in [3.8, 4) is 11.5 Å². The summed E-state index contributed by atoms with van der Waals surface area (Å²) in [6.07, 6.45) is 9.29. The predicted molar refractivity (Wildman–Crippen MR) is 239 cm³/mol. The van der Waals surface area contributed by atoms with Crippen molar-refractivity contribution in [3.05, 3.63) is 228 Å². The highest BCUT2D eigenvalue weighted by molar-refractivity contribution is 8.04. The highest BCUT2D eigenvalue weighted by Gasteiger charge is 2.58. The van der Waals surface area contributed by atoms with Crippen LogP contribution in [0.4, 0.5) is 22.7 Å². The molecule has 5 heteroatoms. The Morgan fingerprint density at radius 1 is 0.483 bits per heavy atom. The maximum absolute atomic E-state index is 6.83. The van der Waals surface area contributed by atoms with Gasteiger partial charge in [0.1, 0.15) is 11.5 Å². The summed E-state index contributed by atoms with van der Waals surface area (Å²) >= 11 is 4.17. The molecule has 1 saturated heterocycles. The maximum Gasteiger partial charge on any atom is 0.132 e. The molecular formula is C53H38N2OS2. The number of benzene rings is 7. The SMILES string of the molecule is C1=CC2c3ccccc3C3(c4ccccc4Oc4ccc(N(c5ccccc5)c5ccc(N6C7c8ccccc8SC7C7Sc8ccccc8C76)cc5)cc43)C2C=C1. The molecule has 1 spiro atoms. The van der Waals surface area contributed by atoms with Crippen molar-refractivity contribution < 1.29 is 4.74 Å². The van der Waals surface area contributed by atoms with E-state index in [0.717, 1.165) is 28.6 Å². The molecule has 0 radical (unpaired) electrons. The monoisotopic (exact) mass is 782 g/mol. The van der Waals surface area contributed by atoms with Gasteiger partial charge in [-0.05, 0) is 95.1 Å². The Bertz CT molecular complexity index is 2790. The molecule has 7 unspecified atom stereocenters. The maximum atomic E-state index is 6.83. The van der Waals surface area contributed by atoms with Crippen LogP contribution >= 0.6 is 23.5 Å². The lowest BCUT2D eigenvalue weighted by Crippen LogP contribution is -2.37. The van der Waals surface area contributed by atoms with Gasteiger partial charge in [0.15, 0.2) is 0 Å². The van der Waals surface area contributed by atoms with E-state index in [2.05, 4.69) is 227 Å². The number of anilines is 4. The molecule has 4 heterocycles. The van der Waals surface area contributed by atoms with E-state index in [9.17, 15) is 0 Å². The predicted octanol–water partition coefficient (Wildman–Crippen LogP) is 13.7. The molecule has 6 aliphatic rings. The summed E-state index contributed by atoms with van der Waals surface area (Å²) in [6, 6.07) is 63.7. The number of hydrogen-bond donors (Lipinski definition) is 0. The summed E-state index contributed by atoms with van der Waals surface area (Å²) in [5.74, 6) is 2.35. The lowest BCUT2D eigenvalue weighted by Gasteiger charge is -2.43. The second-order valence-corrected chi connectivity index (χ2v) is 18.7. The second kappa shape index (κ2) is 12.6. The van der Waals surface area contributed by atoms with E-state index in [-0.39, 0.29) is 11.8 Å². The standard InChI is InChI=1S/C53H38N2OS2/c1-2-14-33(15-3-1)54(34-26-28-35(29-27-34)55-49-39-18-6-12-24-47(39)57-51(49)52-50(55)40-19-7-13-25-48(40)58-52)36-30-31-46-44(32-36)53(43-22-10-11-23-45(43)56-46)41-20-8-4-16-37(41)38-17-5-9-21-42(38)53/h1-32,37,41,49-52H. The van der Waals surface area contributed by atoms with Gasteiger partial charge >= 0.3 is 0 Å². The van der Waals surface area contributed by atoms with E-state index < -0.39 is 5.41 Å². The number of thioether (sulfide) groups is 2. The van der Waals surface area contributed by atoms with Gasteiger partial charge in [0, 0.05) is 66.0 Å². The van der Waals surface area contributed by atoms with E-state index in [1.807, 2.05) is 0 Å². The third kappa shape index (κ3) is 4.49. The quantitative estimate of drug-likeness (QED) is 0.176. The number of nitrogens with zero attached hydrogens (tertiary/aromatic N) is 2. The number of para-hydroxylation sites is 2. The molecule has 0 saturated carbocycles. The molecule has 3 nitrogen and oxygen atoms in total. The van der Waals surface area contributed by atoms with Crippen LogP contribution in [0.5, 0.6) is 11.5 Å². The molecule has 0 aromatic heterocycles. The minimum atomic E-state index is -0.414. The summed E-state index contributed by atoms with van der Waals surface area (Å²) in [5.41, 5.74) is 12.4. The first kappa shape index (κ1) is 33.1. The van der Waals surface area contributed by atoms with Gasteiger partial charge in [-0.25, -0.2) is 0 Å². The van der Waals surface area contributed by atoms with Crippen molar-refractivity contribution >= 4 is 46.3 Å². The van der Waals surface area contributed by atoms with Gasteiger partial charge in [0.2, 0.25) is 0 Å². The van der Waals surface area contributed by atoms with Crippen LogP contribution in [0.3, 0.4) is 0 Å². The molecule has 7 aromatic rings. The van der Waals surface area contributed by atoms with Crippen LogP contribution in [-0.2, 0) is 5.41 Å². The molecule has 1 fully saturated rings. The van der Waals surface area contributed by atoms with Gasteiger partial charge in [-0.15, -0.1) is 23.5 Å². The van der Waals surface area contributed by atoms with Crippen LogP contribution in [0.15, 0.2) is 204 Å². The van der Waals surface area contributed by atoms with Crippen LogP contribution in [0.25, 0.3) is 0 Å².